The van der Waals surface area contributed by atoms with Gasteiger partial charge in [0.05, 0.1) is 17.3 Å². The summed E-state index contributed by atoms with van der Waals surface area (Å²) in [6.07, 6.45) is 1.73. The van der Waals surface area contributed by atoms with E-state index in [4.69, 9.17) is 4.42 Å². The fourth-order valence-corrected chi connectivity index (χ4v) is 2.55. The van der Waals surface area contributed by atoms with Crippen LogP contribution in [0.2, 0.25) is 0 Å². The maximum Gasteiger partial charge on any atom is 0.338 e. The number of fused-ring (bicyclic) bond motifs is 1. The Morgan fingerprint density at radius 3 is 2.32 bits per heavy atom. The van der Waals surface area contributed by atoms with E-state index in [0.717, 1.165) is 22.2 Å². The zero-order chi connectivity index (χ0) is 14.9. The molecule has 0 aliphatic carbocycles. The monoisotopic (exact) mass is 288 g/mol. The summed E-state index contributed by atoms with van der Waals surface area (Å²) in [6.45, 7) is 0. The number of hydrogen-bond acceptors (Lipinski definition) is 3. The van der Waals surface area contributed by atoms with Gasteiger partial charge in [-0.3, -0.25) is 0 Å². The van der Waals surface area contributed by atoms with Crippen LogP contribution in [-0.2, 0) is 0 Å². The fraction of sp³-hybridized carbons (Fsp3) is 0. The van der Waals surface area contributed by atoms with Crippen LogP contribution in [0.5, 0.6) is 0 Å². The Labute approximate surface area is 126 Å². The highest BCUT2D eigenvalue weighted by atomic mass is 16.4. The first-order chi connectivity index (χ1) is 10.8. The Morgan fingerprint density at radius 2 is 1.59 bits per heavy atom. The van der Waals surface area contributed by atoms with Gasteiger partial charge in [-0.25, -0.2) is 9.48 Å². The van der Waals surface area contributed by atoms with Gasteiger partial charge >= 0.3 is 5.63 Å². The fourth-order valence-electron chi connectivity index (χ4n) is 2.55. The summed E-state index contributed by atoms with van der Waals surface area (Å²) in [7, 11) is 0. The van der Waals surface area contributed by atoms with Crippen molar-refractivity contribution in [2.45, 2.75) is 0 Å². The van der Waals surface area contributed by atoms with Crippen LogP contribution < -0.4 is 5.63 Å². The molecule has 2 heterocycles. The molecule has 4 nitrogen and oxygen atoms in total. The number of aromatic nitrogens is 2. The third-order valence-corrected chi connectivity index (χ3v) is 3.56. The molecule has 0 N–H and O–H groups in total. The maximum atomic E-state index is 12.0. The van der Waals surface area contributed by atoms with Gasteiger partial charge < -0.3 is 4.42 Å². The summed E-state index contributed by atoms with van der Waals surface area (Å²) in [4.78, 5) is 12.0. The molecular weight excluding hydrogens is 276 g/mol. The SMILES string of the molecule is O=c1cc(-c2ccccc2)c2cnn(-c3ccccc3)c2o1. The van der Waals surface area contributed by atoms with Crippen molar-refractivity contribution in [3.05, 3.63) is 83.3 Å². The van der Waals surface area contributed by atoms with Gasteiger partial charge in [-0.15, -0.1) is 0 Å². The molecule has 0 unspecified atom stereocenters. The van der Waals surface area contributed by atoms with Crippen LogP contribution in [0.15, 0.2) is 82.1 Å². The Hall–Kier alpha value is -3.14. The molecule has 4 rings (SSSR count). The highest BCUT2D eigenvalue weighted by molar-refractivity contribution is 5.91. The average molecular weight is 288 g/mol. The lowest BCUT2D eigenvalue weighted by Crippen LogP contribution is -2.01. The second-order valence-electron chi connectivity index (χ2n) is 4.96. The van der Waals surface area contributed by atoms with Gasteiger partial charge in [0.15, 0.2) is 0 Å². The molecule has 0 atom stereocenters. The first-order valence-electron chi connectivity index (χ1n) is 6.96. The molecule has 0 aliphatic rings. The molecule has 2 aromatic heterocycles. The van der Waals surface area contributed by atoms with E-state index in [1.807, 2.05) is 60.7 Å². The van der Waals surface area contributed by atoms with Crippen molar-refractivity contribution in [2.75, 3.05) is 0 Å². The molecule has 4 heteroatoms. The Bertz CT molecular complexity index is 986. The molecule has 0 amide bonds. The average Bonchev–Trinajstić information content (AvgIpc) is 2.99. The van der Waals surface area contributed by atoms with Crippen LogP contribution in [0.25, 0.3) is 27.9 Å². The van der Waals surface area contributed by atoms with Crippen LogP contribution in [0.3, 0.4) is 0 Å². The Kier molecular flexibility index (Phi) is 2.86. The van der Waals surface area contributed by atoms with Crippen LogP contribution >= 0.6 is 0 Å². The summed E-state index contributed by atoms with van der Waals surface area (Å²) in [6, 6.07) is 20.9. The molecular formula is C18H12N2O2. The van der Waals surface area contributed by atoms with E-state index < -0.39 is 0 Å². The van der Waals surface area contributed by atoms with Crippen molar-refractivity contribution in [1.82, 2.24) is 9.78 Å². The van der Waals surface area contributed by atoms with E-state index in [2.05, 4.69) is 5.10 Å². The van der Waals surface area contributed by atoms with Gasteiger partial charge in [-0.2, -0.15) is 5.10 Å². The smallest absolute Gasteiger partial charge is 0.338 e. The molecule has 0 radical (unpaired) electrons. The van der Waals surface area contributed by atoms with E-state index in [9.17, 15) is 4.79 Å². The predicted molar refractivity (Wildman–Crippen MR) is 85.0 cm³/mol. The minimum atomic E-state index is -0.385. The van der Waals surface area contributed by atoms with Crippen LogP contribution in [0.4, 0.5) is 0 Å². The minimum absolute atomic E-state index is 0.385. The first-order valence-corrected chi connectivity index (χ1v) is 6.96. The molecule has 0 saturated heterocycles. The van der Waals surface area contributed by atoms with Gasteiger partial charge in [-0.05, 0) is 17.7 Å². The van der Waals surface area contributed by atoms with E-state index in [-0.39, 0.29) is 5.63 Å². The molecule has 0 spiro atoms. The molecule has 0 bridgehead atoms. The second kappa shape index (κ2) is 5.00. The lowest BCUT2D eigenvalue weighted by atomic mass is 10.1. The molecule has 0 aliphatic heterocycles. The third-order valence-electron chi connectivity index (χ3n) is 3.56. The normalized spacial score (nSPS) is 10.9. The topological polar surface area (TPSA) is 48.0 Å². The number of hydrogen-bond donors (Lipinski definition) is 0. The number of benzene rings is 2. The van der Waals surface area contributed by atoms with E-state index >= 15 is 0 Å². The van der Waals surface area contributed by atoms with E-state index in [1.54, 1.807) is 10.9 Å². The molecule has 22 heavy (non-hydrogen) atoms. The molecule has 0 fully saturated rings. The lowest BCUT2D eigenvalue weighted by molar-refractivity contribution is 0.536. The minimum Gasteiger partial charge on any atom is -0.403 e. The molecule has 2 aromatic carbocycles. The first kappa shape index (κ1) is 12.6. The van der Waals surface area contributed by atoms with Gasteiger partial charge in [0, 0.05) is 11.6 Å². The summed E-state index contributed by atoms with van der Waals surface area (Å²) in [5.41, 5.74) is 2.72. The Morgan fingerprint density at radius 1 is 0.909 bits per heavy atom. The van der Waals surface area contributed by atoms with Crippen molar-refractivity contribution >= 4 is 11.1 Å². The second-order valence-corrected chi connectivity index (χ2v) is 4.96. The molecule has 0 saturated carbocycles. The summed E-state index contributed by atoms with van der Waals surface area (Å²) in [5.74, 6) is 0. The number of para-hydroxylation sites is 1. The lowest BCUT2D eigenvalue weighted by Gasteiger charge is -2.04. The molecule has 106 valence electrons. The third kappa shape index (κ3) is 2.02. The maximum absolute atomic E-state index is 12.0. The van der Waals surface area contributed by atoms with Crippen molar-refractivity contribution in [3.8, 4) is 16.8 Å². The van der Waals surface area contributed by atoms with Gasteiger partial charge in [0.25, 0.3) is 0 Å². The van der Waals surface area contributed by atoms with Crippen LogP contribution in [0, 0.1) is 0 Å². The van der Waals surface area contributed by atoms with E-state index in [0.29, 0.717) is 5.71 Å². The Balaban J connectivity index is 2.02. The number of rotatable bonds is 2. The molecule has 4 aromatic rings. The van der Waals surface area contributed by atoms with Crippen molar-refractivity contribution < 1.29 is 4.42 Å². The van der Waals surface area contributed by atoms with Crippen LogP contribution in [0.1, 0.15) is 0 Å². The van der Waals surface area contributed by atoms with Crippen molar-refractivity contribution in [1.29, 1.82) is 0 Å². The summed E-state index contributed by atoms with van der Waals surface area (Å²) in [5, 5.41) is 5.19. The van der Waals surface area contributed by atoms with Gasteiger partial charge in [0.1, 0.15) is 0 Å². The zero-order valence-electron chi connectivity index (χ0n) is 11.6. The predicted octanol–water partition coefficient (Wildman–Crippen LogP) is 3.65. The van der Waals surface area contributed by atoms with Crippen LogP contribution in [-0.4, -0.2) is 9.78 Å². The van der Waals surface area contributed by atoms with Crippen molar-refractivity contribution in [2.24, 2.45) is 0 Å². The largest absolute Gasteiger partial charge is 0.403 e. The summed E-state index contributed by atoms with van der Waals surface area (Å²) < 4.78 is 7.04. The highest BCUT2D eigenvalue weighted by Crippen LogP contribution is 2.28. The highest BCUT2D eigenvalue weighted by Gasteiger charge is 2.13. The summed E-state index contributed by atoms with van der Waals surface area (Å²) >= 11 is 0. The standard InChI is InChI=1S/C18H12N2O2/c21-17-11-15(13-7-3-1-4-8-13)16-12-19-20(18(16)22-17)14-9-5-2-6-10-14/h1-12H. The quantitative estimate of drug-likeness (QED) is 0.565. The zero-order valence-corrected chi connectivity index (χ0v) is 11.6. The van der Waals surface area contributed by atoms with Gasteiger partial charge in [-0.1, -0.05) is 48.5 Å². The van der Waals surface area contributed by atoms with E-state index in [1.165, 1.54) is 6.07 Å². The van der Waals surface area contributed by atoms with Gasteiger partial charge in [0.2, 0.25) is 5.71 Å². The van der Waals surface area contributed by atoms with Crippen molar-refractivity contribution in [3.63, 3.8) is 0 Å². The number of nitrogens with zero attached hydrogens (tertiary/aromatic N) is 2.